The van der Waals surface area contributed by atoms with E-state index in [2.05, 4.69) is 31.3 Å². The van der Waals surface area contributed by atoms with Crippen molar-refractivity contribution in [2.75, 3.05) is 5.32 Å². The van der Waals surface area contributed by atoms with Crippen LogP contribution >= 0.6 is 0 Å². The summed E-state index contributed by atoms with van der Waals surface area (Å²) in [6, 6.07) is 7.67. The van der Waals surface area contributed by atoms with Crippen LogP contribution in [0.3, 0.4) is 0 Å². The fourth-order valence-corrected chi connectivity index (χ4v) is 1.71. The fraction of sp³-hybridized carbons (Fsp3) is 0.500. The molecule has 3 heteroatoms. The number of nitrogens with one attached hydrogen (secondary N) is 1. The number of rotatable bonds is 5. The highest BCUT2D eigenvalue weighted by atomic mass is 16.3. The third-order valence-corrected chi connectivity index (χ3v) is 2.23. The first-order valence-corrected chi connectivity index (χ1v) is 5.32. The average Bonchev–Trinajstić information content (AvgIpc) is 2.17. The van der Waals surface area contributed by atoms with Crippen LogP contribution in [0.4, 0.5) is 11.4 Å². The van der Waals surface area contributed by atoms with E-state index in [-0.39, 0.29) is 0 Å². The van der Waals surface area contributed by atoms with Crippen molar-refractivity contribution >= 4 is 11.4 Å². The van der Waals surface area contributed by atoms with Gasteiger partial charge in [-0.3, -0.25) is 0 Å². The standard InChI is InChI=1S/C12H18N2O/c1-9(2)8-10(3)13-11-6-4-5-7-12(11)14-15/h4-7,9-10,13H,8H2,1-3H3. The van der Waals surface area contributed by atoms with Gasteiger partial charge in [-0.15, -0.1) is 4.91 Å². The minimum Gasteiger partial charge on any atom is -0.381 e. The molecule has 1 atom stereocenters. The predicted octanol–water partition coefficient (Wildman–Crippen LogP) is 3.93. The van der Waals surface area contributed by atoms with Crippen molar-refractivity contribution in [2.45, 2.75) is 33.2 Å². The highest BCUT2D eigenvalue weighted by molar-refractivity contribution is 5.65. The summed E-state index contributed by atoms with van der Waals surface area (Å²) in [5.74, 6) is 0.642. The van der Waals surface area contributed by atoms with Crippen LogP contribution in [-0.2, 0) is 0 Å². The molecule has 0 aliphatic carbocycles. The second-order valence-electron chi connectivity index (χ2n) is 4.28. The van der Waals surface area contributed by atoms with E-state index >= 15 is 0 Å². The number of nitrogens with zero attached hydrogens (tertiary/aromatic N) is 1. The van der Waals surface area contributed by atoms with Gasteiger partial charge >= 0.3 is 0 Å². The molecule has 0 saturated carbocycles. The molecule has 1 aromatic carbocycles. The molecule has 1 rings (SSSR count). The van der Waals surface area contributed by atoms with Crippen molar-refractivity contribution in [1.29, 1.82) is 0 Å². The molecule has 0 aliphatic heterocycles. The lowest BCUT2D eigenvalue weighted by atomic mass is 10.0. The van der Waals surface area contributed by atoms with Gasteiger partial charge in [0.05, 0.1) is 5.69 Å². The molecule has 0 aliphatic rings. The first kappa shape index (κ1) is 11.7. The van der Waals surface area contributed by atoms with Gasteiger partial charge in [0.15, 0.2) is 0 Å². The summed E-state index contributed by atoms with van der Waals surface area (Å²) >= 11 is 0. The van der Waals surface area contributed by atoms with Gasteiger partial charge in [-0.25, -0.2) is 0 Å². The molecule has 0 radical (unpaired) electrons. The molecule has 0 heterocycles. The monoisotopic (exact) mass is 206 g/mol. The summed E-state index contributed by atoms with van der Waals surface area (Å²) in [4.78, 5) is 10.5. The lowest BCUT2D eigenvalue weighted by molar-refractivity contribution is 0.540. The lowest BCUT2D eigenvalue weighted by Gasteiger charge is -2.17. The summed E-state index contributed by atoms with van der Waals surface area (Å²) in [5.41, 5.74) is 1.30. The number of anilines is 1. The summed E-state index contributed by atoms with van der Waals surface area (Å²) in [6.45, 7) is 6.48. The van der Waals surface area contributed by atoms with E-state index in [1.165, 1.54) is 0 Å². The summed E-state index contributed by atoms with van der Waals surface area (Å²) in [6.07, 6.45) is 1.08. The molecule has 1 N–H and O–H groups in total. The maximum absolute atomic E-state index is 10.5. The maximum atomic E-state index is 10.5. The molecule has 0 amide bonds. The Morgan fingerprint density at radius 3 is 2.53 bits per heavy atom. The van der Waals surface area contributed by atoms with Gasteiger partial charge in [-0.1, -0.05) is 26.0 Å². The SMILES string of the molecule is CC(C)CC(C)Nc1ccccc1N=O. The van der Waals surface area contributed by atoms with E-state index in [1.54, 1.807) is 6.07 Å². The maximum Gasteiger partial charge on any atom is 0.131 e. The second-order valence-corrected chi connectivity index (χ2v) is 4.28. The van der Waals surface area contributed by atoms with Gasteiger partial charge in [-0.05, 0) is 36.6 Å². The van der Waals surface area contributed by atoms with Crippen LogP contribution in [0.1, 0.15) is 27.2 Å². The molecule has 0 fully saturated rings. The van der Waals surface area contributed by atoms with Gasteiger partial charge in [0.1, 0.15) is 5.69 Å². The number of hydrogen-bond acceptors (Lipinski definition) is 3. The Hall–Kier alpha value is -1.38. The number of nitroso groups, excluding NO2 is 1. The Morgan fingerprint density at radius 2 is 1.93 bits per heavy atom. The van der Waals surface area contributed by atoms with Crippen LogP contribution in [0.5, 0.6) is 0 Å². The molecule has 0 bridgehead atoms. The highest BCUT2D eigenvalue weighted by Crippen LogP contribution is 2.25. The lowest BCUT2D eigenvalue weighted by Crippen LogP contribution is -2.17. The van der Waals surface area contributed by atoms with E-state index < -0.39 is 0 Å². The average molecular weight is 206 g/mol. The van der Waals surface area contributed by atoms with Crippen LogP contribution in [0.25, 0.3) is 0 Å². The molecule has 1 aromatic rings. The first-order valence-electron chi connectivity index (χ1n) is 5.32. The largest absolute Gasteiger partial charge is 0.381 e. The number of hydrogen-bond donors (Lipinski definition) is 1. The predicted molar refractivity (Wildman–Crippen MR) is 64.4 cm³/mol. The van der Waals surface area contributed by atoms with E-state index in [0.29, 0.717) is 17.6 Å². The summed E-state index contributed by atoms with van der Waals surface area (Å²) < 4.78 is 0. The van der Waals surface area contributed by atoms with Crippen molar-refractivity contribution in [3.8, 4) is 0 Å². The van der Waals surface area contributed by atoms with Gasteiger partial charge in [0, 0.05) is 6.04 Å². The molecule has 1 unspecified atom stereocenters. The zero-order valence-electron chi connectivity index (χ0n) is 9.53. The molecule has 3 nitrogen and oxygen atoms in total. The zero-order chi connectivity index (χ0) is 11.3. The minimum absolute atomic E-state index is 0.355. The van der Waals surface area contributed by atoms with E-state index in [0.717, 1.165) is 12.1 Å². The van der Waals surface area contributed by atoms with Crippen molar-refractivity contribution in [1.82, 2.24) is 0 Å². The minimum atomic E-state index is 0.355. The zero-order valence-corrected chi connectivity index (χ0v) is 9.53. The van der Waals surface area contributed by atoms with Gasteiger partial charge in [0.25, 0.3) is 0 Å². The van der Waals surface area contributed by atoms with Gasteiger partial charge < -0.3 is 5.32 Å². The molecule has 0 saturated heterocycles. The quantitative estimate of drug-likeness (QED) is 0.741. The van der Waals surface area contributed by atoms with Crippen LogP contribution in [0, 0.1) is 10.8 Å². The first-order chi connectivity index (χ1) is 7.13. The topological polar surface area (TPSA) is 41.5 Å². The molecule has 0 spiro atoms. The van der Waals surface area contributed by atoms with Crippen LogP contribution in [0.15, 0.2) is 29.4 Å². The summed E-state index contributed by atoms with van der Waals surface area (Å²) in [7, 11) is 0. The van der Waals surface area contributed by atoms with E-state index in [1.807, 2.05) is 18.2 Å². The molecule has 82 valence electrons. The molecule has 0 aromatic heterocycles. The van der Waals surface area contributed by atoms with Crippen LogP contribution in [-0.4, -0.2) is 6.04 Å². The molecular weight excluding hydrogens is 188 g/mol. The Bertz CT molecular complexity index is 323. The summed E-state index contributed by atoms with van der Waals surface area (Å²) in [5, 5.41) is 6.29. The Morgan fingerprint density at radius 1 is 1.27 bits per heavy atom. The van der Waals surface area contributed by atoms with Gasteiger partial charge in [0.2, 0.25) is 0 Å². The van der Waals surface area contributed by atoms with Gasteiger partial charge in [-0.2, -0.15) is 0 Å². The fourth-order valence-electron chi connectivity index (χ4n) is 1.71. The normalized spacial score (nSPS) is 12.5. The van der Waals surface area contributed by atoms with Crippen LogP contribution in [0.2, 0.25) is 0 Å². The van der Waals surface area contributed by atoms with Crippen molar-refractivity contribution in [3.05, 3.63) is 29.2 Å². The van der Waals surface area contributed by atoms with E-state index in [4.69, 9.17) is 0 Å². The van der Waals surface area contributed by atoms with Crippen molar-refractivity contribution < 1.29 is 0 Å². The third kappa shape index (κ3) is 3.70. The number of para-hydroxylation sites is 1. The van der Waals surface area contributed by atoms with E-state index in [9.17, 15) is 4.91 Å². The third-order valence-electron chi connectivity index (χ3n) is 2.23. The van der Waals surface area contributed by atoms with Crippen LogP contribution < -0.4 is 5.32 Å². The second kappa shape index (κ2) is 5.49. The Balaban J connectivity index is 2.67. The Labute approximate surface area is 90.9 Å². The number of benzene rings is 1. The van der Waals surface area contributed by atoms with Crippen molar-refractivity contribution in [2.24, 2.45) is 11.1 Å². The van der Waals surface area contributed by atoms with Crippen molar-refractivity contribution in [3.63, 3.8) is 0 Å². The smallest absolute Gasteiger partial charge is 0.131 e. The Kier molecular flexibility index (Phi) is 4.28. The molecule has 15 heavy (non-hydrogen) atoms. The molecular formula is C12H18N2O. The highest BCUT2D eigenvalue weighted by Gasteiger charge is 2.07.